The molecule has 148 valence electrons. The van der Waals surface area contributed by atoms with Gasteiger partial charge in [0.05, 0.1) is 17.1 Å². The van der Waals surface area contributed by atoms with Gasteiger partial charge in [-0.1, -0.05) is 12.1 Å². The summed E-state index contributed by atoms with van der Waals surface area (Å²) in [5.41, 5.74) is 2.59. The summed E-state index contributed by atoms with van der Waals surface area (Å²) >= 11 is 0. The summed E-state index contributed by atoms with van der Waals surface area (Å²) in [6.45, 7) is 2.08. The number of Topliss-reactive ketones (excluding diaryl/α,β-unsaturated/α-hetero) is 1. The summed E-state index contributed by atoms with van der Waals surface area (Å²) in [4.78, 5) is 36.3. The van der Waals surface area contributed by atoms with Crippen LogP contribution in [-0.4, -0.2) is 37.0 Å². The second-order valence-electron chi connectivity index (χ2n) is 6.75. The Balaban J connectivity index is 2.09. The average molecular weight is 386 g/mol. The van der Waals surface area contributed by atoms with Gasteiger partial charge >= 0.3 is 5.97 Å². The molecule has 1 aromatic carbocycles. The molecule has 0 unspecified atom stereocenters. The number of nitrogens with one attached hydrogen (secondary N) is 1. The lowest BCUT2D eigenvalue weighted by atomic mass is 9.75. The fourth-order valence-corrected chi connectivity index (χ4v) is 3.70. The van der Waals surface area contributed by atoms with Crippen molar-refractivity contribution in [1.29, 1.82) is 0 Å². The molecule has 0 saturated carbocycles. The zero-order chi connectivity index (χ0) is 20.3. The minimum Gasteiger partial charge on any atom is -0.460 e. The fourth-order valence-electron chi connectivity index (χ4n) is 3.70. The normalized spacial score (nSPS) is 19.2. The van der Waals surface area contributed by atoms with E-state index in [1.807, 2.05) is 0 Å². The first-order valence-electron chi connectivity index (χ1n) is 9.08. The lowest BCUT2D eigenvalue weighted by Crippen LogP contribution is -2.34. The van der Waals surface area contributed by atoms with Gasteiger partial charge in [-0.3, -0.25) is 14.9 Å². The fraction of sp³-hybridized carbons (Fsp3) is 0.400. The summed E-state index contributed by atoms with van der Waals surface area (Å²) in [7, 11) is 1.50. The predicted molar refractivity (Wildman–Crippen MR) is 100 cm³/mol. The molecule has 0 bridgehead atoms. The third-order valence-corrected chi connectivity index (χ3v) is 4.93. The lowest BCUT2D eigenvalue weighted by Gasteiger charge is -2.34. The highest BCUT2D eigenvalue weighted by atomic mass is 16.6. The van der Waals surface area contributed by atoms with Gasteiger partial charge in [0.15, 0.2) is 5.78 Å². The molecule has 8 heteroatoms. The van der Waals surface area contributed by atoms with Gasteiger partial charge < -0.3 is 14.8 Å². The summed E-state index contributed by atoms with van der Waals surface area (Å²) in [5.74, 6) is -1.32. The highest BCUT2D eigenvalue weighted by Gasteiger charge is 2.39. The van der Waals surface area contributed by atoms with E-state index in [0.29, 0.717) is 35.2 Å². The minimum absolute atomic E-state index is 0.0556. The number of nitro groups is 1. The Labute approximate surface area is 162 Å². The number of non-ortho nitro benzene ring substituents is 1. The number of nitro benzene ring substituents is 1. The molecule has 28 heavy (non-hydrogen) atoms. The largest absolute Gasteiger partial charge is 0.460 e. The molecule has 0 aromatic heterocycles. The van der Waals surface area contributed by atoms with Gasteiger partial charge in [-0.05, 0) is 25.3 Å². The molecule has 1 atom stereocenters. The molecular weight excluding hydrogens is 364 g/mol. The highest BCUT2D eigenvalue weighted by molar-refractivity contribution is 6.03. The Morgan fingerprint density at radius 1 is 1.32 bits per heavy atom. The number of ether oxygens (including phenoxy) is 2. The number of hydrogen-bond donors (Lipinski definition) is 1. The molecule has 0 saturated heterocycles. The molecule has 1 aliphatic carbocycles. The zero-order valence-corrected chi connectivity index (χ0v) is 15.8. The molecule has 1 aliphatic heterocycles. The van der Waals surface area contributed by atoms with E-state index in [2.05, 4.69) is 5.32 Å². The molecule has 3 rings (SSSR count). The maximum Gasteiger partial charge on any atom is 0.336 e. The smallest absolute Gasteiger partial charge is 0.336 e. The summed E-state index contributed by atoms with van der Waals surface area (Å²) in [6.07, 6.45) is 1.81. The van der Waals surface area contributed by atoms with Crippen molar-refractivity contribution in [2.24, 2.45) is 0 Å². The van der Waals surface area contributed by atoms with Gasteiger partial charge in [-0.2, -0.15) is 0 Å². The van der Waals surface area contributed by atoms with E-state index in [1.165, 1.54) is 19.2 Å². The lowest BCUT2D eigenvalue weighted by molar-refractivity contribution is -0.384. The van der Waals surface area contributed by atoms with Gasteiger partial charge in [0.1, 0.15) is 6.61 Å². The topological polar surface area (TPSA) is 108 Å². The molecule has 2 aliphatic rings. The number of carbonyl (C=O) groups is 2. The van der Waals surface area contributed by atoms with Gasteiger partial charge in [0, 0.05) is 48.5 Å². The molecule has 0 fully saturated rings. The minimum atomic E-state index is -0.695. The number of allylic oxidation sites excluding steroid dienone is 3. The average Bonchev–Trinajstić information content (AvgIpc) is 2.67. The van der Waals surface area contributed by atoms with Crippen LogP contribution in [0.3, 0.4) is 0 Å². The van der Waals surface area contributed by atoms with E-state index >= 15 is 0 Å². The number of methoxy groups -OCH3 is 1. The predicted octanol–water partition coefficient (Wildman–Crippen LogP) is 2.75. The second kappa shape index (κ2) is 8.35. The van der Waals surface area contributed by atoms with Gasteiger partial charge in [0.25, 0.3) is 5.69 Å². The summed E-state index contributed by atoms with van der Waals surface area (Å²) < 4.78 is 10.2. The van der Waals surface area contributed by atoms with Crippen molar-refractivity contribution >= 4 is 17.4 Å². The van der Waals surface area contributed by atoms with Crippen LogP contribution in [0.25, 0.3) is 0 Å². The van der Waals surface area contributed by atoms with E-state index in [9.17, 15) is 19.7 Å². The van der Waals surface area contributed by atoms with E-state index in [0.717, 1.165) is 12.1 Å². The number of carbonyl (C=O) groups excluding carboxylic acids is 2. The van der Waals surface area contributed by atoms with Gasteiger partial charge in [0.2, 0.25) is 0 Å². The number of rotatable bonds is 6. The van der Waals surface area contributed by atoms with Crippen LogP contribution in [0.15, 0.2) is 46.8 Å². The van der Waals surface area contributed by atoms with Crippen LogP contribution in [0.4, 0.5) is 5.69 Å². The van der Waals surface area contributed by atoms with Gasteiger partial charge in [-0.25, -0.2) is 4.79 Å². The molecule has 8 nitrogen and oxygen atoms in total. The molecule has 1 heterocycles. The third kappa shape index (κ3) is 3.82. The first kappa shape index (κ1) is 19.8. The maximum atomic E-state index is 12.8. The Morgan fingerprint density at radius 3 is 2.82 bits per heavy atom. The Morgan fingerprint density at radius 2 is 2.11 bits per heavy atom. The molecule has 1 aromatic rings. The van der Waals surface area contributed by atoms with Crippen molar-refractivity contribution in [2.45, 2.75) is 32.1 Å². The van der Waals surface area contributed by atoms with Crippen LogP contribution < -0.4 is 5.32 Å². The maximum absolute atomic E-state index is 12.8. The van der Waals surface area contributed by atoms with Gasteiger partial charge in [-0.15, -0.1) is 0 Å². The van der Waals surface area contributed by atoms with E-state index < -0.39 is 16.8 Å². The summed E-state index contributed by atoms with van der Waals surface area (Å²) in [6, 6.07) is 6.06. The zero-order valence-electron chi connectivity index (χ0n) is 15.8. The highest BCUT2D eigenvalue weighted by Crippen LogP contribution is 2.43. The van der Waals surface area contributed by atoms with E-state index in [-0.39, 0.29) is 24.7 Å². The Bertz CT molecular complexity index is 886. The van der Waals surface area contributed by atoms with Crippen LogP contribution in [0, 0.1) is 10.1 Å². The summed E-state index contributed by atoms with van der Waals surface area (Å²) in [5, 5.41) is 14.4. The molecular formula is C20H22N2O6. The SMILES string of the molecule is COCCOC(=O)C1=C(C)NC2=C(C(=O)CCC2)[C@@H]1c1cccc([N+](=O)[O-])c1. The first-order chi connectivity index (χ1) is 13.4. The molecule has 0 spiro atoms. The number of benzene rings is 1. The van der Waals surface area contributed by atoms with E-state index in [1.54, 1.807) is 19.1 Å². The monoisotopic (exact) mass is 386 g/mol. The van der Waals surface area contributed by atoms with Crippen molar-refractivity contribution < 1.29 is 24.0 Å². The number of dihydropyridines is 1. The number of ketones is 1. The van der Waals surface area contributed by atoms with Crippen LogP contribution >= 0.6 is 0 Å². The first-order valence-corrected chi connectivity index (χ1v) is 9.08. The van der Waals surface area contributed by atoms with Crippen LogP contribution in [0.5, 0.6) is 0 Å². The van der Waals surface area contributed by atoms with Crippen molar-refractivity contribution in [3.63, 3.8) is 0 Å². The van der Waals surface area contributed by atoms with Crippen molar-refractivity contribution in [2.75, 3.05) is 20.3 Å². The molecule has 1 N–H and O–H groups in total. The van der Waals surface area contributed by atoms with Crippen molar-refractivity contribution in [1.82, 2.24) is 5.32 Å². The van der Waals surface area contributed by atoms with Crippen LogP contribution in [0.1, 0.15) is 37.7 Å². The second-order valence-corrected chi connectivity index (χ2v) is 6.75. The quantitative estimate of drug-likeness (QED) is 0.347. The Hall–Kier alpha value is -3.00. The molecule has 0 radical (unpaired) electrons. The van der Waals surface area contributed by atoms with Crippen molar-refractivity contribution in [3.8, 4) is 0 Å². The Kier molecular flexibility index (Phi) is 5.89. The van der Waals surface area contributed by atoms with Crippen LogP contribution in [-0.2, 0) is 19.1 Å². The number of esters is 1. The van der Waals surface area contributed by atoms with E-state index in [4.69, 9.17) is 9.47 Å². The third-order valence-electron chi connectivity index (χ3n) is 4.93. The molecule has 0 amide bonds. The number of nitrogens with zero attached hydrogens (tertiary/aromatic N) is 1. The van der Waals surface area contributed by atoms with Crippen molar-refractivity contribution in [3.05, 3.63) is 62.5 Å². The number of hydrogen-bond acceptors (Lipinski definition) is 7. The van der Waals surface area contributed by atoms with Crippen LogP contribution in [0.2, 0.25) is 0 Å². The standard InChI is InChI=1S/C20H22N2O6/c1-12-17(20(24)28-10-9-27-2)18(13-5-3-6-14(11-13)22(25)26)19-15(21-12)7-4-8-16(19)23/h3,5-6,11,18,21H,4,7-10H2,1-2H3/t18-/m1/s1.